The van der Waals surface area contributed by atoms with Gasteiger partial charge in [-0.1, -0.05) is 12.8 Å². The van der Waals surface area contributed by atoms with Crippen LogP contribution in [0, 0.1) is 11.7 Å². The molecule has 1 saturated heterocycles. The predicted octanol–water partition coefficient (Wildman–Crippen LogP) is 1.60. The van der Waals surface area contributed by atoms with E-state index in [0.717, 1.165) is 25.7 Å². The molecule has 23 heavy (non-hydrogen) atoms. The third-order valence-electron chi connectivity index (χ3n) is 4.91. The van der Waals surface area contributed by atoms with Crippen molar-refractivity contribution in [3.8, 4) is 0 Å². The molecule has 1 aliphatic heterocycles. The van der Waals surface area contributed by atoms with Crippen molar-refractivity contribution >= 4 is 17.5 Å². The van der Waals surface area contributed by atoms with E-state index in [9.17, 15) is 19.1 Å². The van der Waals surface area contributed by atoms with Gasteiger partial charge in [0.1, 0.15) is 11.7 Å². The molecule has 6 heteroatoms. The van der Waals surface area contributed by atoms with E-state index in [1.54, 1.807) is 12.1 Å². The van der Waals surface area contributed by atoms with Gasteiger partial charge in [0.25, 0.3) is 0 Å². The van der Waals surface area contributed by atoms with Crippen LogP contribution in [0.15, 0.2) is 24.3 Å². The Morgan fingerprint density at radius 1 is 1.30 bits per heavy atom. The van der Waals surface area contributed by atoms with Crippen molar-refractivity contribution in [1.29, 1.82) is 0 Å². The zero-order valence-electron chi connectivity index (χ0n) is 12.9. The standard InChI is InChI=1S/C17H21FN2O3/c18-12-3-5-13(6-4-12)20-10-7-14(16(20)23)15(22)19-17(11-21)8-1-2-9-17/h3-6,14,21H,1-2,7-11H2,(H,19,22). The first-order valence-electron chi connectivity index (χ1n) is 8.04. The summed E-state index contributed by atoms with van der Waals surface area (Å²) in [6.45, 7) is 0.343. The van der Waals surface area contributed by atoms with Crippen molar-refractivity contribution in [2.45, 2.75) is 37.6 Å². The summed E-state index contributed by atoms with van der Waals surface area (Å²) in [4.78, 5) is 26.5. The van der Waals surface area contributed by atoms with Gasteiger partial charge in [-0.15, -0.1) is 0 Å². The molecular formula is C17H21FN2O3. The molecule has 0 spiro atoms. The van der Waals surface area contributed by atoms with Gasteiger partial charge >= 0.3 is 0 Å². The van der Waals surface area contributed by atoms with E-state index in [-0.39, 0.29) is 24.2 Å². The molecule has 1 unspecified atom stereocenters. The molecule has 1 aromatic rings. The number of aliphatic hydroxyl groups excluding tert-OH is 1. The fourth-order valence-corrected chi connectivity index (χ4v) is 3.52. The summed E-state index contributed by atoms with van der Waals surface area (Å²) in [5.74, 6) is -1.67. The summed E-state index contributed by atoms with van der Waals surface area (Å²) < 4.78 is 13.0. The third kappa shape index (κ3) is 3.08. The second-order valence-electron chi connectivity index (χ2n) is 6.44. The van der Waals surface area contributed by atoms with Gasteiger partial charge < -0.3 is 15.3 Å². The molecule has 1 aliphatic carbocycles. The largest absolute Gasteiger partial charge is 0.394 e. The Morgan fingerprint density at radius 2 is 1.96 bits per heavy atom. The second kappa shape index (κ2) is 6.28. The average Bonchev–Trinajstić information content (AvgIpc) is 3.16. The Labute approximate surface area is 134 Å². The summed E-state index contributed by atoms with van der Waals surface area (Å²) in [5.41, 5.74) is 0.0325. The van der Waals surface area contributed by atoms with Gasteiger partial charge in [0.05, 0.1) is 12.1 Å². The van der Waals surface area contributed by atoms with E-state index in [1.807, 2.05) is 0 Å². The molecule has 1 aromatic carbocycles. The lowest BCUT2D eigenvalue weighted by Gasteiger charge is -2.29. The first-order chi connectivity index (χ1) is 11.0. The Hall–Kier alpha value is -1.95. The number of halogens is 1. The summed E-state index contributed by atoms with van der Waals surface area (Å²) in [6.07, 6.45) is 3.88. The van der Waals surface area contributed by atoms with Crippen molar-refractivity contribution in [3.63, 3.8) is 0 Å². The fraction of sp³-hybridized carbons (Fsp3) is 0.529. The van der Waals surface area contributed by atoms with Gasteiger partial charge in [-0.2, -0.15) is 0 Å². The Kier molecular flexibility index (Phi) is 4.35. The van der Waals surface area contributed by atoms with Crippen LogP contribution in [-0.4, -0.2) is 35.6 Å². The fourth-order valence-electron chi connectivity index (χ4n) is 3.52. The monoisotopic (exact) mass is 320 g/mol. The van der Waals surface area contributed by atoms with Crippen LogP contribution in [-0.2, 0) is 9.59 Å². The molecule has 2 amide bonds. The predicted molar refractivity (Wildman–Crippen MR) is 83.3 cm³/mol. The molecule has 5 nitrogen and oxygen atoms in total. The first-order valence-corrected chi connectivity index (χ1v) is 8.04. The van der Waals surface area contributed by atoms with Crippen molar-refractivity contribution in [2.24, 2.45) is 5.92 Å². The number of benzene rings is 1. The van der Waals surface area contributed by atoms with Crippen LogP contribution in [0.25, 0.3) is 0 Å². The maximum absolute atomic E-state index is 13.0. The summed E-state index contributed by atoms with van der Waals surface area (Å²) in [6, 6.07) is 5.68. The van der Waals surface area contributed by atoms with E-state index in [4.69, 9.17) is 0 Å². The summed E-state index contributed by atoms with van der Waals surface area (Å²) >= 11 is 0. The minimum atomic E-state index is -0.732. The van der Waals surface area contributed by atoms with Crippen molar-refractivity contribution in [3.05, 3.63) is 30.1 Å². The molecule has 0 aromatic heterocycles. The second-order valence-corrected chi connectivity index (χ2v) is 6.44. The van der Waals surface area contributed by atoms with E-state index in [2.05, 4.69) is 5.32 Å². The summed E-state index contributed by atoms with van der Waals surface area (Å²) in [7, 11) is 0. The van der Waals surface area contributed by atoms with E-state index in [0.29, 0.717) is 18.7 Å². The minimum absolute atomic E-state index is 0.0959. The zero-order valence-corrected chi connectivity index (χ0v) is 12.9. The Balaban J connectivity index is 1.68. The molecule has 1 atom stereocenters. The third-order valence-corrected chi connectivity index (χ3v) is 4.91. The van der Waals surface area contributed by atoms with Gasteiger partial charge in [0.2, 0.25) is 11.8 Å². The normalized spacial score (nSPS) is 23.3. The average molecular weight is 320 g/mol. The minimum Gasteiger partial charge on any atom is -0.394 e. The molecule has 1 heterocycles. The van der Waals surface area contributed by atoms with Gasteiger partial charge in [0, 0.05) is 12.2 Å². The van der Waals surface area contributed by atoms with E-state index >= 15 is 0 Å². The SMILES string of the molecule is O=C(NC1(CO)CCCC1)C1CCN(c2ccc(F)cc2)C1=O. The number of aliphatic hydroxyl groups is 1. The lowest BCUT2D eigenvalue weighted by molar-refractivity contribution is -0.133. The van der Waals surface area contributed by atoms with E-state index in [1.165, 1.54) is 17.0 Å². The van der Waals surface area contributed by atoms with Gasteiger partial charge in [-0.25, -0.2) is 4.39 Å². The molecule has 2 aliphatic rings. The Bertz CT molecular complexity index is 596. The van der Waals surface area contributed by atoms with Gasteiger partial charge in [-0.3, -0.25) is 9.59 Å². The number of hydrogen-bond acceptors (Lipinski definition) is 3. The summed E-state index contributed by atoms with van der Waals surface area (Å²) in [5, 5.41) is 12.5. The number of nitrogens with zero attached hydrogens (tertiary/aromatic N) is 1. The number of hydrogen-bond donors (Lipinski definition) is 2. The van der Waals surface area contributed by atoms with Gasteiger partial charge in [-0.05, 0) is 43.5 Å². The van der Waals surface area contributed by atoms with Crippen molar-refractivity contribution in [1.82, 2.24) is 5.32 Å². The molecule has 2 N–H and O–H groups in total. The molecule has 3 rings (SSSR count). The highest BCUT2D eigenvalue weighted by molar-refractivity contribution is 6.09. The van der Waals surface area contributed by atoms with Crippen molar-refractivity contribution < 1.29 is 19.1 Å². The number of amides is 2. The van der Waals surface area contributed by atoms with Gasteiger partial charge in [0.15, 0.2) is 0 Å². The first kappa shape index (κ1) is 15.9. The lowest BCUT2D eigenvalue weighted by Crippen LogP contribution is -2.52. The number of rotatable bonds is 4. The maximum Gasteiger partial charge on any atom is 0.239 e. The molecule has 124 valence electrons. The van der Waals surface area contributed by atoms with Crippen LogP contribution < -0.4 is 10.2 Å². The topological polar surface area (TPSA) is 69.6 Å². The smallest absolute Gasteiger partial charge is 0.239 e. The number of nitrogens with one attached hydrogen (secondary N) is 1. The maximum atomic E-state index is 13.0. The van der Waals surface area contributed by atoms with Crippen molar-refractivity contribution in [2.75, 3.05) is 18.1 Å². The quantitative estimate of drug-likeness (QED) is 0.828. The van der Waals surface area contributed by atoms with Crippen LogP contribution in [0.1, 0.15) is 32.1 Å². The molecule has 2 fully saturated rings. The molecule has 0 bridgehead atoms. The lowest BCUT2D eigenvalue weighted by atomic mass is 9.96. The van der Waals surface area contributed by atoms with Crippen LogP contribution in [0.2, 0.25) is 0 Å². The highest BCUT2D eigenvalue weighted by Crippen LogP contribution is 2.31. The van der Waals surface area contributed by atoms with Crippen LogP contribution in [0.4, 0.5) is 10.1 Å². The zero-order chi connectivity index (χ0) is 16.4. The van der Waals surface area contributed by atoms with Crippen LogP contribution in [0.5, 0.6) is 0 Å². The number of anilines is 1. The molecule has 1 saturated carbocycles. The number of carbonyl (C=O) groups excluding carboxylic acids is 2. The van der Waals surface area contributed by atoms with E-state index < -0.39 is 11.5 Å². The Morgan fingerprint density at radius 3 is 2.57 bits per heavy atom. The highest BCUT2D eigenvalue weighted by Gasteiger charge is 2.42. The number of carbonyl (C=O) groups is 2. The van der Waals surface area contributed by atoms with Crippen LogP contribution >= 0.6 is 0 Å². The highest BCUT2D eigenvalue weighted by atomic mass is 19.1. The molecular weight excluding hydrogens is 299 g/mol. The molecule has 0 radical (unpaired) electrons. The van der Waals surface area contributed by atoms with Crippen LogP contribution in [0.3, 0.4) is 0 Å².